The Morgan fingerprint density at radius 3 is 2.67 bits per heavy atom. The summed E-state index contributed by atoms with van der Waals surface area (Å²) in [6.45, 7) is 0. The predicted molar refractivity (Wildman–Crippen MR) is 106 cm³/mol. The van der Waals surface area contributed by atoms with Gasteiger partial charge in [0.1, 0.15) is 11.4 Å². The zero-order chi connectivity index (χ0) is 18.6. The number of carbonyl (C=O) groups excluding carboxylic acids is 1. The molecule has 0 bridgehead atoms. The first-order valence-corrected chi connectivity index (χ1v) is 9.12. The monoisotopic (exact) mass is 376 g/mol. The summed E-state index contributed by atoms with van der Waals surface area (Å²) in [5, 5.41) is 3.38. The van der Waals surface area contributed by atoms with Crippen LogP contribution in [0, 0.1) is 0 Å². The summed E-state index contributed by atoms with van der Waals surface area (Å²) in [7, 11) is 1.63. The third-order valence-corrected chi connectivity index (χ3v) is 4.99. The normalized spacial score (nSPS) is 10.6. The lowest BCUT2D eigenvalue weighted by Gasteiger charge is -2.03. The molecule has 0 unspecified atom stereocenters. The third kappa shape index (κ3) is 3.61. The molecule has 0 aliphatic carbocycles. The van der Waals surface area contributed by atoms with Crippen LogP contribution in [0.1, 0.15) is 10.4 Å². The van der Waals surface area contributed by atoms with Gasteiger partial charge >= 0.3 is 0 Å². The highest BCUT2D eigenvalue weighted by Crippen LogP contribution is 2.40. The highest BCUT2D eigenvalue weighted by molar-refractivity contribution is 7.19. The van der Waals surface area contributed by atoms with Crippen molar-refractivity contribution < 1.29 is 13.9 Å². The largest absolute Gasteiger partial charge is 0.497 e. The Kier molecular flexibility index (Phi) is 4.72. The molecule has 0 aliphatic rings. The lowest BCUT2D eigenvalue weighted by molar-refractivity contribution is 0.102. The van der Waals surface area contributed by atoms with Gasteiger partial charge in [-0.25, -0.2) is 4.98 Å². The molecule has 4 rings (SSSR count). The van der Waals surface area contributed by atoms with E-state index in [1.54, 1.807) is 25.5 Å². The number of aromatic nitrogens is 1. The van der Waals surface area contributed by atoms with Gasteiger partial charge in [-0.05, 0) is 42.0 Å². The van der Waals surface area contributed by atoms with E-state index in [9.17, 15) is 4.79 Å². The molecule has 5 nitrogen and oxygen atoms in total. The molecule has 1 amide bonds. The SMILES string of the molecule is COc1cccc(-c2sc(NC(=O)c3ccccc3)nc2-c2ccco2)c1. The van der Waals surface area contributed by atoms with Gasteiger partial charge in [-0.15, -0.1) is 0 Å². The molecule has 1 N–H and O–H groups in total. The minimum absolute atomic E-state index is 0.201. The Balaban J connectivity index is 1.73. The molecule has 0 spiro atoms. The molecular formula is C21H16N2O3S. The average molecular weight is 376 g/mol. The number of amides is 1. The Morgan fingerprint density at radius 2 is 1.93 bits per heavy atom. The number of nitrogens with zero attached hydrogens (tertiary/aromatic N) is 1. The van der Waals surface area contributed by atoms with E-state index in [4.69, 9.17) is 9.15 Å². The van der Waals surface area contributed by atoms with Crippen LogP contribution in [-0.4, -0.2) is 18.0 Å². The first-order valence-electron chi connectivity index (χ1n) is 8.30. The number of nitrogens with one attached hydrogen (secondary N) is 1. The number of hydrogen-bond donors (Lipinski definition) is 1. The maximum absolute atomic E-state index is 12.5. The molecule has 6 heteroatoms. The topological polar surface area (TPSA) is 64.4 Å². The second-order valence-corrected chi connectivity index (χ2v) is 6.73. The van der Waals surface area contributed by atoms with E-state index in [0.717, 1.165) is 16.2 Å². The molecule has 0 aliphatic heterocycles. The zero-order valence-corrected chi connectivity index (χ0v) is 15.3. The van der Waals surface area contributed by atoms with E-state index in [1.165, 1.54) is 11.3 Å². The van der Waals surface area contributed by atoms with Gasteiger partial charge in [-0.3, -0.25) is 10.1 Å². The quantitative estimate of drug-likeness (QED) is 0.511. The Hall–Kier alpha value is -3.38. The number of benzene rings is 2. The summed E-state index contributed by atoms with van der Waals surface area (Å²) in [6, 6.07) is 20.4. The molecular weight excluding hydrogens is 360 g/mol. The molecule has 0 saturated carbocycles. The molecule has 2 aromatic heterocycles. The summed E-state index contributed by atoms with van der Waals surface area (Å²) < 4.78 is 10.9. The van der Waals surface area contributed by atoms with Crippen LogP contribution in [0.2, 0.25) is 0 Å². The van der Waals surface area contributed by atoms with Crippen molar-refractivity contribution in [1.82, 2.24) is 4.98 Å². The summed E-state index contributed by atoms with van der Waals surface area (Å²) in [6.07, 6.45) is 1.60. The highest BCUT2D eigenvalue weighted by Gasteiger charge is 2.19. The number of rotatable bonds is 5. The van der Waals surface area contributed by atoms with E-state index in [1.807, 2.05) is 54.6 Å². The fraction of sp³-hybridized carbons (Fsp3) is 0.0476. The molecule has 4 aromatic rings. The number of furan rings is 1. The maximum Gasteiger partial charge on any atom is 0.257 e. The second kappa shape index (κ2) is 7.47. The number of ether oxygens (including phenoxy) is 1. The van der Waals surface area contributed by atoms with Crippen molar-refractivity contribution in [2.75, 3.05) is 12.4 Å². The molecule has 0 radical (unpaired) electrons. The molecule has 0 atom stereocenters. The van der Waals surface area contributed by atoms with E-state index >= 15 is 0 Å². The molecule has 27 heavy (non-hydrogen) atoms. The minimum atomic E-state index is -0.201. The van der Waals surface area contributed by atoms with Crippen LogP contribution in [0.4, 0.5) is 5.13 Å². The standard InChI is InChI=1S/C21H16N2O3S/c1-25-16-10-5-9-15(13-16)19-18(17-11-6-12-26-17)22-21(27-19)23-20(24)14-7-3-2-4-8-14/h2-13H,1H3,(H,22,23,24). The van der Waals surface area contributed by atoms with Gasteiger partial charge in [0, 0.05) is 5.56 Å². The Labute approximate surface area is 160 Å². The molecule has 2 aromatic carbocycles. The van der Waals surface area contributed by atoms with Gasteiger partial charge < -0.3 is 9.15 Å². The maximum atomic E-state index is 12.5. The predicted octanol–water partition coefficient (Wildman–Crippen LogP) is 5.33. The van der Waals surface area contributed by atoms with Crippen molar-refractivity contribution in [3.8, 4) is 27.6 Å². The van der Waals surface area contributed by atoms with Crippen LogP contribution >= 0.6 is 11.3 Å². The summed E-state index contributed by atoms with van der Waals surface area (Å²) >= 11 is 1.39. The lowest BCUT2D eigenvalue weighted by Crippen LogP contribution is -2.11. The van der Waals surface area contributed by atoms with Gasteiger partial charge in [-0.1, -0.05) is 41.7 Å². The summed E-state index contributed by atoms with van der Waals surface area (Å²) in [4.78, 5) is 18.0. The smallest absolute Gasteiger partial charge is 0.257 e. The summed E-state index contributed by atoms with van der Waals surface area (Å²) in [5.41, 5.74) is 2.20. The van der Waals surface area contributed by atoms with E-state index in [-0.39, 0.29) is 5.91 Å². The van der Waals surface area contributed by atoms with Gasteiger partial charge in [0.2, 0.25) is 0 Å². The van der Waals surface area contributed by atoms with Gasteiger partial charge in [0.05, 0.1) is 18.3 Å². The fourth-order valence-electron chi connectivity index (χ4n) is 2.67. The van der Waals surface area contributed by atoms with Gasteiger partial charge in [0.15, 0.2) is 10.9 Å². The van der Waals surface area contributed by atoms with Crippen LogP contribution in [-0.2, 0) is 0 Å². The van der Waals surface area contributed by atoms with Crippen LogP contribution in [0.5, 0.6) is 5.75 Å². The first kappa shape index (κ1) is 17.1. The number of carbonyl (C=O) groups is 1. The van der Waals surface area contributed by atoms with E-state index < -0.39 is 0 Å². The Morgan fingerprint density at radius 1 is 1.07 bits per heavy atom. The lowest BCUT2D eigenvalue weighted by atomic mass is 10.1. The fourth-order valence-corrected chi connectivity index (χ4v) is 3.63. The Bertz CT molecular complexity index is 1060. The third-order valence-electron chi connectivity index (χ3n) is 3.97. The first-order chi connectivity index (χ1) is 13.2. The molecule has 134 valence electrons. The number of methoxy groups -OCH3 is 1. The second-order valence-electron chi connectivity index (χ2n) is 5.73. The van der Waals surface area contributed by atoms with Crippen molar-refractivity contribution in [1.29, 1.82) is 0 Å². The van der Waals surface area contributed by atoms with Gasteiger partial charge in [-0.2, -0.15) is 0 Å². The molecule has 2 heterocycles. The highest BCUT2D eigenvalue weighted by atomic mass is 32.1. The van der Waals surface area contributed by atoms with Crippen molar-refractivity contribution >= 4 is 22.4 Å². The average Bonchev–Trinajstić information content (AvgIpc) is 3.38. The summed E-state index contributed by atoms with van der Waals surface area (Å²) in [5.74, 6) is 1.19. The minimum Gasteiger partial charge on any atom is -0.497 e. The van der Waals surface area contributed by atoms with Gasteiger partial charge in [0.25, 0.3) is 5.91 Å². The van der Waals surface area contributed by atoms with Crippen LogP contribution in [0.3, 0.4) is 0 Å². The van der Waals surface area contributed by atoms with Crippen molar-refractivity contribution in [2.24, 2.45) is 0 Å². The van der Waals surface area contributed by atoms with Crippen molar-refractivity contribution in [2.45, 2.75) is 0 Å². The van der Waals surface area contributed by atoms with Crippen LogP contribution in [0.25, 0.3) is 21.9 Å². The number of hydrogen-bond acceptors (Lipinski definition) is 5. The van der Waals surface area contributed by atoms with E-state index in [2.05, 4.69) is 10.3 Å². The van der Waals surface area contributed by atoms with Crippen LogP contribution < -0.4 is 10.1 Å². The number of anilines is 1. The van der Waals surface area contributed by atoms with Crippen molar-refractivity contribution in [3.05, 3.63) is 78.6 Å². The zero-order valence-electron chi connectivity index (χ0n) is 14.5. The van der Waals surface area contributed by atoms with E-state index in [0.29, 0.717) is 22.1 Å². The molecule has 0 saturated heterocycles. The molecule has 0 fully saturated rings. The number of thiazole rings is 1. The van der Waals surface area contributed by atoms with Crippen molar-refractivity contribution in [3.63, 3.8) is 0 Å². The van der Waals surface area contributed by atoms with Crippen LogP contribution in [0.15, 0.2) is 77.4 Å².